The molecule has 110 valence electrons. The molecule has 2 rings (SSSR count). The number of carboxylic acids is 1. The lowest BCUT2D eigenvalue weighted by Gasteiger charge is -2.19. The molecule has 21 heavy (non-hydrogen) atoms. The maximum atomic E-state index is 11.3. The molecule has 1 aromatic heterocycles. The van der Waals surface area contributed by atoms with E-state index in [0.717, 1.165) is 0 Å². The van der Waals surface area contributed by atoms with Crippen molar-refractivity contribution in [2.45, 2.75) is 6.10 Å². The number of aromatic nitrogens is 2. The molecule has 0 aliphatic heterocycles. The van der Waals surface area contributed by atoms with E-state index >= 15 is 0 Å². The largest absolute Gasteiger partial charge is 0.546 e. The van der Waals surface area contributed by atoms with Crippen LogP contribution >= 0.6 is 0 Å². The third-order valence-electron chi connectivity index (χ3n) is 2.62. The summed E-state index contributed by atoms with van der Waals surface area (Å²) >= 11 is 0. The van der Waals surface area contributed by atoms with Gasteiger partial charge in [-0.1, -0.05) is 30.3 Å². The van der Waals surface area contributed by atoms with Crippen LogP contribution in [0.1, 0.15) is 11.7 Å². The predicted octanol–water partition coefficient (Wildman–Crippen LogP) is 0.364. The molecule has 7 nitrogen and oxygen atoms in total. The molecule has 2 aromatic rings. The van der Waals surface area contributed by atoms with E-state index in [0.29, 0.717) is 5.56 Å². The second-order valence-corrected chi connectivity index (χ2v) is 3.96. The number of carboxylic acid groups (broad SMARTS) is 1. The van der Waals surface area contributed by atoms with Gasteiger partial charge in [0.05, 0.1) is 26.3 Å². The zero-order chi connectivity index (χ0) is 15.2. The molecule has 0 saturated heterocycles. The lowest BCUT2D eigenvalue weighted by atomic mass is 10.1. The minimum absolute atomic E-state index is 0.177. The molecular weight excluding hydrogens is 276 g/mol. The minimum atomic E-state index is -1.40. The molecule has 0 unspecified atom stereocenters. The Bertz CT molecular complexity index is 596. The molecule has 0 N–H and O–H groups in total. The molecule has 1 atom stereocenters. The number of benzene rings is 1. The number of nitrogens with zero attached hydrogens (tertiary/aromatic N) is 2. The molecule has 0 radical (unpaired) electrons. The van der Waals surface area contributed by atoms with Crippen LogP contribution in [0.3, 0.4) is 0 Å². The van der Waals surface area contributed by atoms with E-state index < -0.39 is 12.1 Å². The van der Waals surface area contributed by atoms with E-state index in [-0.39, 0.29) is 17.8 Å². The van der Waals surface area contributed by atoms with Gasteiger partial charge in [-0.25, -0.2) is 0 Å². The fourth-order valence-corrected chi connectivity index (χ4v) is 1.63. The molecule has 0 bridgehead atoms. The van der Waals surface area contributed by atoms with Crippen LogP contribution in [0.5, 0.6) is 17.8 Å². The minimum Gasteiger partial charge on any atom is -0.546 e. The van der Waals surface area contributed by atoms with Gasteiger partial charge in [-0.05, 0) is 5.56 Å². The Balaban J connectivity index is 2.31. The maximum absolute atomic E-state index is 11.3. The monoisotopic (exact) mass is 289 g/mol. The summed E-state index contributed by atoms with van der Waals surface area (Å²) in [6, 6.07) is 9.65. The number of ether oxygens (including phenoxy) is 3. The van der Waals surface area contributed by atoms with Crippen molar-refractivity contribution in [3.05, 3.63) is 42.0 Å². The normalized spacial score (nSPS) is 11.5. The van der Waals surface area contributed by atoms with Gasteiger partial charge in [-0.15, -0.1) is 0 Å². The Morgan fingerprint density at radius 1 is 1.10 bits per heavy atom. The molecule has 0 fully saturated rings. The quantitative estimate of drug-likeness (QED) is 0.758. The van der Waals surface area contributed by atoms with Crippen LogP contribution in [0.25, 0.3) is 0 Å². The van der Waals surface area contributed by atoms with E-state index in [2.05, 4.69) is 9.97 Å². The first kappa shape index (κ1) is 14.6. The number of aliphatic carboxylic acids is 1. The second-order valence-electron chi connectivity index (χ2n) is 3.96. The molecular formula is C14H13N2O5-. The van der Waals surface area contributed by atoms with Crippen LogP contribution in [0, 0.1) is 0 Å². The van der Waals surface area contributed by atoms with Crippen LogP contribution in [-0.4, -0.2) is 30.2 Å². The fourth-order valence-electron chi connectivity index (χ4n) is 1.63. The molecule has 0 amide bonds. The smallest absolute Gasteiger partial charge is 0.324 e. The van der Waals surface area contributed by atoms with Crippen LogP contribution in [-0.2, 0) is 4.79 Å². The van der Waals surface area contributed by atoms with Crippen molar-refractivity contribution in [1.82, 2.24) is 9.97 Å². The Labute approximate surface area is 121 Å². The molecule has 0 saturated carbocycles. The van der Waals surface area contributed by atoms with Crippen molar-refractivity contribution in [2.75, 3.05) is 14.2 Å². The van der Waals surface area contributed by atoms with E-state index in [4.69, 9.17) is 14.2 Å². The number of carbonyl (C=O) groups is 1. The van der Waals surface area contributed by atoms with E-state index in [1.807, 2.05) is 0 Å². The van der Waals surface area contributed by atoms with E-state index in [9.17, 15) is 9.90 Å². The summed E-state index contributed by atoms with van der Waals surface area (Å²) in [6.45, 7) is 0. The van der Waals surface area contributed by atoms with Crippen LogP contribution in [0.2, 0.25) is 0 Å². The molecule has 1 aromatic carbocycles. The van der Waals surface area contributed by atoms with Crippen molar-refractivity contribution in [3.63, 3.8) is 0 Å². The highest BCUT2D eigenvalue weighted by molar-refractivity contribution is 5.72. The van der Waals surface area contributed by atoms with Gasteiger partial charge < -0.3 is 24.1 Å². The SMILES string of the molecule is COc1cc(OC)nc(O[C@H](C(=O)[O-])c2ccccc2)n1. The molecule has 0 spiro atoms. The number of carbonyl (C=O) groups excluding carboxylic acids is 1. The van der Waals surface area contributed by atoms with Crippen molar-refractivity contribution in [3.8, 4) is 17.8 Å². The van der Waals surface area contributed by atoms with Crippen molar-refractivity contribution >= 4 is 5.97 Å². The third kappa shape index (κ3) is 3.59. The van der Waals surface area contributed by atoms with Crippen LogP contribution in [0.15, 0.2) is 36.4 Å². The lowest BCUT2D eigenvalue weighted by Crippen LogP contribution is -2.33. The van der Waals surface area contributed by atoms with Gasteiger partial charge in [-0.2, -0.15) is 9.97 Å². The molecule has 1 heterocycles. The summed E-state index contributed by atoms with van der Waals surface area (Å²) in [5, 5.41) is 11.3. The highest BCUT2D eigenvalue weighted by Gasteiger charge is 2.17. The van der Waals surface area contributed by atoms with Gasteiger partial charge in [0.1, 0.15) is 0 Å². The molecule has 0 aliphatic carbocycles. The maximum Gasteiger partial charge on any atom is 0.324 e. The van der Waals surface area contributed by atoms with Gasteiger partial charge in [0.2, 0.25) is 11.8 Å². The summed E-state index contributed by atoms with van der Waals surface area (Å²) in [5.74, 6) is -1.00. The van der Waals surface area contributed by atoms with Crippen molar-refractivity contribution in [2.24, 2.45) is 0 Å². The predicted molar refractivity (Wildman–Crippen MR) is 70.0 cm³/mol. The lowest BCUT2D eigenvalue weighted by molar-refractivity contribution is -0.314. The van der Waals surface area contributed by atoms with E-state index in [1.54, 1.807) is 30.3 Å². The molecule has 7 heteroatoms. The van der Waals surface area contributed by atoms with Crippen LogP contribution in [0.4, 0.5) is 0 Å². The summed E-state index contributed by atoms with van der Waals surface area (Å²) in [5.41, 5.74) is 0.419. The average Bonchev–Trinajstić information content (AvgIpc) is 2.52. The topological polar surface area (TPSA) is 93.6 Å². The highest BCUT2D eigenvalue weighted by atomic mass is 16.5. The third-order valence-corrected chi connectivity index (χ3v) is 2.62. The average molecular weight is 289 g/mol. The number of hydrogen-bond donors (Lipinski definition) is 0. The fraction of sp³-hybridized carbons (Fsp3) is 0.214. The highest BCUT2D eigenvalue weighted by Crippen LogP contribution is 2.23. The summed E-state index contributed by atoms with van der Waals surface area (Å²) in [6.07, 6.45) is -1.33. The number of rotatable bonds is 6. The zero-order valence-corrected chi connectivity index (χ0v) is 11.5. The van der Waals surface area contributed by atoms with E-state index in [1.165, 1.54) is 20.3 Å². The first-order valence-corrected chi connectivity index (χ1v) is 6.03. The number of methoxy groups -OCH3 is 2. The second kappa shape index (κ2) is 6.56. The number of hydrogen-bond acceptors (Lipinski definition) is 7. The van der Waals surface area contributed by atoms with Crippen molar-refractivity contribution in [1.29, 1.82) is 0 Å². The Morgan fingerprint density at radius 3 is 2.14 bits per heavy atom. The van der Waals surface area contributed by atoms with Gasteiger partial charge in [0, 0.05) is 0 Å². The summed E-state index contributed by atoms with van der Waals surface area (Å²) in [7, 11) is 2.83. The Kier molecular flexibility index (Phi) is 4.55. The van der Waals surface area contributed by atoms with Crippen LogP contribution < -0.4 is 19.3 Å². The van der Waals surface area contributed by atoms with Gasteiger partial charge >= 0.3 is 6.01 Å². The summed E-state index contributed by atoms with van der Waals surface area (Å²) in [4.78, 5) is 19.1. The Hall–Kier alpha value is -2.83. The van der Waals surface area contributed by atoms with Crippen molar-refractivity contribution < 1.29 is 24.1 Å². The zero-order valence-electron chi connectivity index (χ0n) is 11.5. The molecule has 0 aliphatic rings. The Morgan fingerprint density at radius 2 is 1.67 bits per heavy atom. The van der Waals surface area contributed by atoms with Gasteiger partial charge in [-0.3, -0.25) is 0 Å². The standard InChI is InChI=1S/C14H14N2O5/c1-19-10-8-11(20-2)16-14(15-10)21-12(13(17)18)9-6-4-3-5-7-9/h3-8,12H,1-2H3,(H,17,18)/p-1/t12-/m0/s1. The first-order valence-electron chi connectivity index (χ1n) is 6.03. The van der Waals surface area contributed by atoms with Gasteiger partial charge in [0.15, 0.2) is 6.10 Å². The first-order chi connectivity index (χ1) is 10.1. The summed E-state index contributed by atoms with van der Waals surface area (Å²) < 4.78 is 15.2. The van der Waals surface area contributed by atoms with Gasteiger partial charge in [0.25, 0.3) is 0 Å².